The van der Waals surface area contributed by atoms with Crippen molar-refractivity contribution in [3.63, 3.8) is 0 Å². The van der Waals surface area contributed by atoms with Crippen molar-refractivity contribution in [1.82, 2.24) is 9.88 Å². The molecule has 0 saturated heterocycles. The highest BCUT2D eigenvalue weighted by molar-refractivity contribution is 7.10. The number of amides is 1. The fourth-order valence-electron chi connectivity index (χ4n) is 1.97. The van der Waals surface area contributed by atoms with Crippen LogP contribution in [0, 0.1) is 0 Å². The minimum absolute atomic E-state index is 0.0341. The third kappa shape index (κ3) is 2.86. The molecule has 3 rings (SSSR count). The number of hydrogen-bond donors (Lipinski definition) is 1. The van der Waals surface area contributed by atoms with Crippen LogP contribution < -0.4 is 5.73 Å². The van der Waals surface area contributed by atoms with E-state index in [0.717, 1.165) is 17.8 Å². The fourth-order valence-corrected chi connectivity index (χ4v) is 3.32. The van der Waals surface area contributed by atoms with Gasteiger partial charge in [0, 0.05) is 22.8 Å². The summed E-state index contributed by atoms with van der Waals surface area (Å²) in [6.07, 6.45) is 2.20. The lowest BCUT2D eigenvalue weighted by Crippen LogP contribution is -2.32. The molecular weight excluding hydrogens is 278 g/mol. The normalized spacial score (nSPS) is 14.6. The van der Waals surface area contributed by atoms with Crippen LogP contribution in [0.4, 0.5) is 0 Å². The topological polar surface area (TPSA) is 59.2 Å². The molecule has 0 spiro atoms. The molecule has 2 heterocycles. The molecule has 4 nitrogen and oxygen atoms in total. The first-order chi connectivity index (χ1) is 9.28. The summed E-state index contributed by atoms with van der Waals surface area (Å²) in [5, 5.41) is 4.67. The van der Waals surface area contributed by atoms with Crippen molar-refractivity contribution in [2.45, 2.75) is 32.0 Å². The van der Waals surface area contributed by atoms with Crippen molar-refractivity contribution in [3.8, 4) is 0 Å². The largest absolute Gasteiger partial charge is 0.329 e. The third-order valence-corrected chi connectivity index (χ3v) is 4.83. The van der Waals surface area contributed by atoms with E-state index < -0.39 is 0 Å². The molecule has 2 aromatic rings. The molecule has 100 valence electrons. The summed E-state index contributed by atoms with van der Waals surface area (Å²) in [5.41, 5.74) is 6.08. The van der Waals surface area contributed by atoms with Crippen molar-refractivity contribution in [2.75, 3.05) is 0 Å². The minimum Gasteiger partial charge on any atom is -0.329 e. The fraction of sp³-hybridized carbons (Fsp3) is 0.385. The number of hydrogen-bond acceptors (Lipinski definition) is 5. The minimum atomic E-state index is 0.0341. The summed E-state index contributed by atoms with van der Waals surface area (Å²) in [4.78, 5) is 20.0. The SMILES string of the molecule is NCc1nc(C(=O)N(Cc2cccs2)C2CC2)cs1. The molecule has 1 fully saturated rings. The van der Waals surface area contributed by atoms with Gasteiger partial charge in [0.05, 0.1) is 6.54 Å². The Morgan fingerprint density at radius 1 is 1.47 bits per heavy atom. The maximum Gasteiger partial charge on any atom is 0.273 e. The van der Waals surface area contributed by atoms with E-state index in [1.807, 2.05) is 21.7 Å². The highest BCUT2D eigenvalue weighted by Crippen LogP contribution is 2.30. The molecule has 1 aliphatic rings. The van der Waals surface area contributed by atoms with E-state index in [0.29, 0.717) is 24.8 Å². The number of nitrogens with two attached hydrogens (primary N) is 1. The van der Waals surface area contributed by atoms with Crippen LogP contribution in [0.3, 0.4) is 0 Å². The monoisotopic (exact) mass is 293 g/mol. The van der Waals surface area contributed by atoms with E-state index >= 15 is 0 Å². The number of nitrogens with zero attached hydrogens (tertiary/aromatic N) is 2. The number of thiophene rings is 1. The average molecular weight is 293 g/mol. The molecular formula is C13H15N3OS2. The van der Waals surface area contributed by atoms with Crippen LogP contribution in [0.2, 0.25) is 0 Å². The Morgan fingerprint density at radius 3 is 2.89 bits per heavy atom. The molecule has 2 aromatic heterocycles. The van der Waals surface area contributed by atoms with E-state index in [4.69, 9.17) is 5.73 Å². The van der Waals surface area contributed by atoms with Gasteiger partial charge in [-0.25, -0.2) is 4.98 Å². The molecule has 0 unspecified atom stereocenters. The smallest absolute Gasteiger partial charge is 0.273 e. The standard InChI is InChI=1S/C13H15N3OS2/c14-6-12-15-11(8-19-12)13(17)16(9-3-4-9)7-10-2-1-5-18-10/h1-2,5,8-9H,3-4,6-7,14H2. The van der Waals surface area contributed by atoms with Gasteiger partial charge in [-0.05, 0) is 24.3 Å². The second-order valence-corrected chi connectivity index (χ2v) is 6.55. The predicted octanol–water partition coefficient (Wildman–Crippen LogP) is 2.47. The number of aromatic nitrogens is 1. The first kappa shape index (κ1) is 12.8. The van der Waals surface area contributed by atoms with E-state index in [2.05, 4.69) is 11.1 Å². The highest BCUT2D eigenvalue weighted by Gasteiger charge is 2.34. The van der Waals surface area contributed by atoms with Crippen LogP contribution >= 0.6 is 22.7 Å². The Bertz CT molecular complexity index is 560. The van der Waals surface area contributed by atoms with Crippen molar-refractivity contribution in [3.05, 3.63) is 38.5 Å². The van der Waals surface area contributed by atoms with Gasteiger partial charge in [0.15, 0.2) is 0 Å². The van der Waals surface area contributed by atoms with E-state index in [1.54, 1.807) is 11.3 Å². The molecule has 1 amide bonds. The van der Waals surface area contributed by atoms with Gasteiger partial charge in [0.25, 0.3) is 5.91 Å². The first-order valence-corrected chi connectivity index (χ1v) is 8.01. The maximum atomic E-state index is 12.5. The molecule has 6 heteroatoms. The summed E-state index contributed by atoms with van der Waals surface area (Å²) in [6.45, 7) is 1.09. The van der Waals surface area contributed by atoms with E-state index in [-0.39, 0.29) is 5.91 Å². The average Bonchev–Trinajstić information content (AvgIpc) is 2.95. The van der Waals surface area contributed by atoms with Crippen molar-refractivity contribution < 1.29 is 4.79 Å². The third-order valence-electron chi connectivity index (χ3n) is 3.10. The lowest BCUT2D eigenvalue weighted by atomic mass is 10.3. The molecule has 0 aromatic carbocycles. The van der Waals surface area contributed by atoms with Gasteiger partial charge < -0.3 is 10.6 Å². The summed E-state index contributed by atoms with van der Waals surface area (Å²) < 4.78 is 0. The van der Waals surface area contributed by atoms with Crippen LogP contribution in [0.1, 0.15) is 33.2 Å². The van der Waals surface area contributed by atoms with Crippen LogP contribution in [-0.4, -0.2) is 21.8 Å². The van der Waals surface area contributed by atoms with Crippen molar-refractivity contribution in [2.24, 2.45) is 5.73 Å². The van der Waals surface area contributed by atoms with Gasteiger partial charge >= 0.3 is 0 Å². The molecule has 2 N–H and O–H groups in total. The second-order valence-electron chi connectivity index (χ2n) is 4.57. The zero-order valence-corrected chi connectivity index (χ0v) is 12.0. The van der Waals surface area contributed by atoms with Gasteiger partial charge in [0.1, 0.15) is 10.7 Å². The van der Waals surface area contributed by atoms with Crippen molar-refractivity contribution >= 4 is 28.6 Å². The molecule has 0 aliphatic heterocycles. The zero-order valence-electron chi connectivity index (χ0n) is 10.4. The van der Waals surface area contributed by atoms with Gasteiger partial charge in [-0.2, -0.15) is 0 Å². The Labute approximate surface area is 119 Å². The van der Waals surface area contributed by atoms with Crippen LogP contribution in [0.15, 0.2) is 22.9 Å². The number of rotatable bonds is 5. The molecule has 19 heavy (non-hydrogen) atoms. The van der Waals surface area contributed by atoms with Gasteiger partial charge in [0.2, 0.25) is 0 Å². The van der Waals surface area contributed by atoms with E-state index in [1.165, 1.54) is 16.2 Å². The zero-order chi connectivity index (χ0) is 13.2. The van der Waals surface area contributed by atoms with E-state index in [9.17, 15) is 4.79 Å². The Balaban J connectivity index is 1.77. The Hall–Kier alpha value is -1.24. The summed E-state index contributed by atoms with van der Waals surface area (Å²) in [7, 11) is 0. The molecule has 1 aliphatic carbocycles. The Kier molecular flexibility index (Phi) is 3.63. The maximum absolute atomic E-state index is 12.5. The van der Waals surface area contributed by atoms with Crippen LogP contribution in [-0.2, 0) is 13.1 Å². The summed E-state index contributed by atoms with van der Waals surface area (Å²) in [6, 6.07) is 4.47. The first-order valence-electron chi connectivity index (χ1n) is 6.25. The highest BCUT2D eigenvalue weighted by atomic mass is 32.1. The number of thiazole rings is 1. The van der Waals surface area contributed by atoms with Gasteiger partial charge in [-0.3, -0.25) is 4.79 Å². The Morgan fingerprint density at radius 2 is 2.32 bits per heavy atom. The van der Waals surface area contributed by atoms with Crippen LogP contribution in [0.25, 0.3) is 0 Å². The number of carbonyl (C=O) groups is 1. The quantitative estimate of drug-likeness (QED) is 0.921. The number of carbonyl (C=O) groups excluding carboxylic acids is 1. The molecule has 0 atom stereocenters. The summed E-state index contributed by atoms with van der Waals surface area (Å²) in [5.74, 6) is 0.0341. The van der Waals surface area contributed by atoms with Crippen LogP contribution in [0.5, 0.6) is 0 Å². The second kappa shape index (κ2) is 5.40. The molecule has 0 radical (unpaired) electrons. The molecule has 1 saturated carbocycles. The van der Waals surface area contributed by atoms with Gasteiger partial charge in [-0.1, -0.05) is 6.07 Å². The predicted molar refractivity (Wildman–Crippen MR) is 77.2 cm³/mol. The summed E-state index contributed by atoms with van der Waals surface area (Å²) >= 11 is 3.14. The lowest BCUT2D eigenvalue weighted by Gasteiger charge is -2.20. The molecule has 0 bridgehead atoms. The lowest BCUT2D eigenvalue weighted by molar-refractivity contribution is 0.0726. The van der Waals surface area contributed by atoms with Crippen molar-refractivity contribution in [1.29, 1.82) is 0 Å². The van der Waals surface area contributed by atoms with Gasteiger partial charge in [-0.15, -0.1) is 22.7 Å².